The van der Waals surface area contributed by atoms with Crippen LogP contribution in [0.25, 0.3) is 11.5 Å². The van der Waals surface area contributed by atoms with Crippen molar-refractivity contribution < 1.29 is 18.7 Å². The predicted octanol–water partition coefficient (Wildman–Crippen LogP) is 3.32. The second-order valence-corrected chi connectivity index (χ2v) is 6.68. The van der Waals surface area contributed by atoms with Crippen LogP contribution in [0.1, 0.15) is 18.2 Å². The maximum Gasteiger partial charge on any atom is 0.325 e. The largest absolute Gasteiger partial charge is 0.497 e. The van der Waals surface area contributed by atoms with Crippen LogP contribution in [0.2, 0.25) is 0 Å². The summed E-state index contributed by atoms with van der Waals surface area (Å²) in [5, 5.41) is 2.78. The molecule has 1 unspecified atom stereocenters. The van der Waals surface area contributed by atoms with E-state index in [4.69, 9.17) is 9.15 Å². The van der Waals surface area contributed by atoms with Gasteiger partial charge in [0.05, 0.1) is 19.3 Å². The summed E-state index contributed by atoms with van der Waals surface area (Å²) in [4.78, 5) is 31.0. The van der Waals surface area contributed by atoms with Crippen molar-refractivity contribution in [1.82, 2.24) is 15.2 Å². The van der Waals surface area contributed by atoms with Gasteiger partial charge in [0.1, 0.15) is 17.6 Å². The van der Waals surface area contributed by atoms with Crippen molar-refractivity contribution in [3.8, 4) is 17.2 Å². The van der Waals surface area contributed by atoms with Crippen LogP contribution in [0.5, 0.6) is 5.75 Å². The Kier molecular flexibility index (Phi) is 4.35. The number of methoxy groups -OCH3 is 1. The van der Waals surface area contributed by atoms with E-state index in [1.165, 1.54) is 6.26 Å². The first kappa shape index (κ1) is 17.8. The van der Waals surface area contributed by atoms with E-state index < -0.39 is 11.6 Å². The average molecular weight is 377 g/mol. The van der Waals surface area contributed by atoms with Gasteiger partial charge in [-0.15, -0.1) is 0 Å². The highest BCUT2D eigenvalue weighted by Crippen LogP contribution is 2.30. The van der Waals surface area contributed by atoms with Gasteiger partial charge in [0.2, 0.25) is 5.89 Å². The van der Waals surface area contributed by atoms with Crippen LogP contribution in [-0.4, -0.2) is 28.9 Å². The number of ether oxygens (including phenoxy) is 1. The number of oxazole rings is 1. The summed E-state index contributed by atoms with van der Waals surface area (Å²) in [5.74, 6) is 0.822. The monoisotopic (exact) mass is 377 g/mol. The van der Waals surface area contributed by atoms with E-state index in [2.05, 4.69) is 10.3 Å². The molecule has 1 aliphatic heterocycles. The molecule has 1 fully saturated rings. The molecule has 4 rings (SSSR count). The molecular formula is C21H19N3O4. The van der Waals surface area contributed by atoms with Crippen LogP contribution in [0.4, 0.5) is 4.79 Å². The molecule has 0 bridgehead atoms. The van der Waals surface area contributed by atoms with Crippen molar-refractivity contribution in [2.24, 2.45) is 0 Å². The van der Waals surface area contributed by atoms with Crippen LogP contribution < -0.4 is 10.1 Å². The van der Waals surface area contributed by atoms with Gasteiger partial charge in [-0.25, -0.2) is 9.78 Å². The zero-order valence-electron chi connectivity index (χ0n) is 15.5. The van der Waals surface area contributed by atoms with E-state index in [1.807, 2.05) is 54.6 Å². The fourth-order valence-electron chi connectivity index (χ4n) is 3.22. The highest BCUT2D eigenvalue weighted by molar-refractivity contribution is 6.07. The Morgan fingerprint density at radius 2 is 1.82 bits per heavy atom. The van der Waals surface area contributed by atoms with Gasteiger partial charge >= 0.3 is 6.03 Å². The molecule has 3 aromatic rings. The fraction of sp³-hybridized carbons (Fsp3) is 0.190. The zero-order chi connectivity index (χ0) is 19.7. The summed E-state index contributed by atoms with van der Waals surface area (Å²) in [6, 6.07) is 16.0. The molecule has 1 saturated heterocycles. The summed E-state index contributed by atoms with van der Waals surface area (Å²) in [6.45, 7) is 1.74. The first-order valence-electron chi connectivity index (χ1n) is 8.80. The van der Waals surface area contributed by atoms with Crippen LogP contribution >= 0.6 is 0 Å². The molecule has 0 aliphatic carbocycles. The lowest BCUT2D eigenvalue weighted by molar-refractivity contribution is -0.131. The number of rotatable bonds is 5. The van der Waals surface area contributed by atoms with Crippen molar-refractivity contribution in [3.63, 3.8) is 0 Å². The summed E-state index contributed by atoms with van der Waals surface area (Å²) < 4.78 is 10.7. The molecule has 2 heterocycles. The van der Waals surface area contributed by atoms with Crippen LogP contribution in [0.3, 0.4) is 0 Å². The standard InChI is InChI=1S/C21H19N3O4/c1-21(15-6-4-3-5-7-15)19(25)24(20(26)23-21)12-16-13-28-18(22-16)14-8-10-17(27-2)11-9-14/h3-11,13H,12H2,1-2H3,(H,23,26). The topological polar surface area (TPSA) is 84.7 Å². The number of benzene rings is 2. The van der Waals surface area contributed by atoms with Crippen molar-refractivity contribution in [3.05, 3.63) is 72.1 Å². The lowest BCUT2D eigenvalue weighted by atomic mass is 9.92. The third-order valence-corrected chi connectivity index (χ3v) is 4.83. The molecule has 0 saturated carbocycles. The van der Waals surface area contributed by atoms with Crippen LogP contribution in [-0.2, 0) is 16.9 Å². The molecule has 142 valence electrons. The summed E-state index contributed by atoms with van der Waals surface area (Å²) in [7, 11) is 1.60. The van der Waals surface area contributed by atoms with Gasteiger partial charge in [-0.3, -0.25) is 9.69 Å². The Labute approximate surface area is 161 Å². The third-order valence-electron chi connectivity index (χ3n) is 4.83. The molecule has 3 amide bonds. The van der Waals surface area contributed by atoms with E-state index in [0.29, 0.717) is 11.6 Å². The van der Waals surface area contributed by atoms with Crippen LogP contribution in [0.15, 0.2) is 65.3 Å². The van der Waals surface area contributed by atoms with E-state index in [-0.39, 0.29) is 12.5 Å². The van der Waals surface area contributed by atoms with Gasteiger partial charge in [-0.1, -0.05) is 30.3 Å². The lowest BCUT2D eigenvalue weighted by Crippen LogP contribution is -2.40. The molecule has 28 heavy (non-hydrogen) atoms. The molecule has 7 nitrogen and oxygen atoms in total. The smallest absolute Gasteiger partial charge is 0.325 e. The normalized spacial score (nSPS) is 19.0. The molecule has 1 aromatic heterocycles. The number of carbonyl (C=O) groups is 2. The van der Waals surface area contributed by atoms with Crippen molar-refractivity contribution in [2.45, 2.75) is 19.0 Å². The number of nitrogens with zero attached hydrogens (tertiary/aromatic N) is 2. The third kappa shape index (κ3) is 3.00. The number of imide groups is 1. The molecular weight excluding hydrogens is 358 g/mol. The second-order valence-electron chi connectivity index (χ2n) is 6.68. The second kappa shape index (κ2) is 6.84. The van der Waals surface area contributed by atoms with E-state index >= 15 is 0 Å². The Morgan fingerprint density at radius 1 is 1.11 bits per heavy atom. The highest BCUT2D eigenvalue weighted by Gasteiger charge is 2.49. The van der Waals surface area contributed by atoms with Crippen molar-refractivity contribution in [2.75, 3.05) is 7.11 Å². The Bertz CT molecular complexity index is 1010. The number of hydrogen-bond donors (Lipinski definition) is 1. The minimum Gasteiger partial charge on any atom is -0.497 e. The quantitative estimate of drug-likeness (QED) is 0.690. The van der Waals surface area contributed by atoms with Crippen molar-refractivity contribution in [1.29, 1.82) is 0 Å². The summed E-state index contributed by atoms with van der Waals surface area (Å²) in [5.41, 5.74) is 0.904. The first-order chi connectivity index (χ1) is 13.5. The SMILES string of the molecule is COc1ccc(-c2nc(CN3C(=O)NC(C)(c4ccccc4)C3=O)co2)cc1. The minimum atomic E-state index is -1.10. The molecule has 1 aliphatic rings. The van der Waals surface area contributed by atoms with Gasteiger partial charge in [0.15, 0.2) is 0 Å². The number of urea groups is 1. The number of aromatic nitrogens is 1. The molecule has 1 atom stereocenters. The maximum atomic E-state index is 13.0. The highest BCUT2D eigenvalue weighted by atomic mass is 16.5. The van der Waals surface area contributed by atoms with Crippen molar-refractivity contribution >= 4 is 11.9 Å². The first-order valence-corrected chi connectivity index (χ1v) is 8.80. The van der Waals surface area contributed by atoms with E-state index in [9.17, 15) is 9.59 Å². The minimum absolute atomic E-state index is 0.0345. The predicted molar refractivity (Wildman–Crippen MR) is 101 cm³/mol. The number of nitrogens with one attached hydrogen (secondary N) is 1. The molecule has 0 radical (unpaired) electrons. The lowest BCUT2D eigenvalue weighted by Gasteiger charge is -2.21. The fourth-order valence-corrected chi connectivity index (χ4v) is 3.22. The van der Waals surface area contributed by atoms with E-state index in [1.54, 1.807) is 14.0 Å². The average Bonchev–Trinajstić information content (AvgIpc) is 3.28. The molecule has 0 spiro atoms. The Hall–Kier alpha value is -3.61. The van der Waals surface area contributed by atoms with Gasteiger partial charge in [0, 0.05) is 5.56 Å². The van der Waals surface area contributed by atoms with Gasteiger partial charge in [0.25, 0.3) is 5.91 Å². The number of hydrogen-bond acceptors (Lipinski definition) is 5. The molecule has 2 aromatic carbocycles. The summed E-state index contributed by atoms with van der Waals surface area (Å²) in [6.07, 6.45) is 1.46. The van der Waals surface area contributed by atoms with Crippen LogP contribution in [0, 0.1) is 0 Å². The Balaban J connectivity index is 1.54. The Morgan fingerprint density at radius 3 is 2.50 bits per heavy atom. The number of amides is 3. The van der Waals surface area contributed by atoms with Gasteiger partial charge < -0.3 is 14.5 Å². The maximum absolute atomic E-state index is 13.0. The van der Waals surface area contributed by atoms with E-state index in [0.717, 1.165) is 21.8 Å². The summed E-state index contributed by atoms with van der Waals surface area (Å²) >= 11 is 0. The molecule has 1 N–H and O–H groups in total. The van der Waals surface area contributed by atoms with Gasteiger partial charge in [-0.2, -0.15) is 0 Å². The van der Waals surface area contributed by atoms with Gasteiger partial charge in [-0.05, 0) is 36.8 Å². The zero-order valence-corrected chi connectivity index (χ0v) is 15.5. The number of carbonyl (C=O) groups excluding carboxylic acids is 2. The molecule has 7 heteroatoms.